The number of anilines is 3. The second-order valence-corrected chi connectivity index (χ2v) is 12.5. The molecule has 0 bridgehead atoms. The zero-order chi connectivity index (χ0) is 29.4. The standard InChI is InChI=1S/C43H31N/c1-43(2)39-26-37-33-22-12-10-20-31(33)30-19-9-11-21-32(30)36(37)25-38(39)42-35-24-14-13-23-34(35)41(27-40(42)43)44(28-15-5-3-6-16-28)29-17-7-4-8-18-29/h3-27H,1-2H3. The molecule has 1 aliphatic carbocycles. The van der Waals surface area contributed by atoms with Crippen LogP contribution in [0.1, 0.15) is 25.0 Å². The van der Waals surface area contributed by atoms with Crippen molar-refractivity contribution >= 4 is 60.2 Å². The van der Waals surface area contributed by atoms with E-state index in [9.17, 15) is 0 Å². The van der Waals surface area contributed by atoms with Gasteiger partial charge in [0, 0.05) is 22.2 Å². The fourth-order valence-corrected chi connectivity index (χ4v) is 7.73. The van der Waals surface area contributed by atoms with Crippen LogP contribution in [0.15, 0.2) is 152 Å². The van der Waals surface area contributed by atoms with Gasteiger partial charge >= 0.3 is 0 Å². The Morgan fingerprint density at radius 1 is 0.386 bits per heavy atom. The molecule has 8 aromatic rings. The third-order valence-electron chi connectivity index (χ3n) is 9.79. The second kappa shape index (κ2) is 9.30. The third kappa shape index (κ3) is 3.47. The number of hydrogen-bond donors (Lipinski definition) is 0. The molecule has 1 aliphatic rings. The van der Waals surface area contributed by atoms with Crippen molar-refractivity contribution in [3.8, 4) is 11.1 Å². The van der Waals surface area contributed by atoms with E-state index >= 15 is 0 Å². The van der Waals surface area contributed by atoms with E-state index in [1.807, 2.05) is 0 Å². The van der Waals surface area contributed by atoms with Gasteiger partial charge in [0.2, 0.25) is 0 Å². The summed E-state index contributed by atoms with van der Waals surface area (Å²) in [5, 5.41) is 10.5. The van der Waals surface area contributed by atoms with E-state index in [1.165, 1.54) is 71.0 Å². The molecule has 208 valence electrons. The summed E-state index contributed by atoms with van der Waals surface area (Å²) in [6.45, 7) is 4.81. The van der Waals surface area contributed by atoms with Gasteiger partial charge in [-0.25, -0.2) is 0 Å². The van der Waals surface area contributed by atoms with E-state index in [2.05, 4.69) is 170 Å². The van der Waals surface area contributed by atoms with Crippen molar-refractivity contribution in [1.29, 1.82) is 0 Å². The normalized spacial score (nSPS) is 13.4. The first kappa shape index (κ1) is 25.1. The van der Waals surface area contributed by atoms with E-state index in [-0.39, 0.29) is 5.41 Å². The van der Waals surface area contributed by atoms with Gasteiger partial charge in [0.15, 0.2) is 0 Å². The van der Waals surface area contributed by atoms with Gasteiger partial charge in [-0.1, -0.05) is 123 Å². The number of para-hydroxylation sites is 2. The van der Waals surface area contributed by atoms with Gasteiger partial charge in [-0.2, -0.15) is 0 Å². The van der Waals surface area contributed by atoms with Crippen LogP contribution in [0.4, 0.5) is 17.1 Å². The predicted octanol–water partition coefficient (Wildman–Crippen LogP) is 12.1. The molecule has 0 atom stereocenters. The lowest BCUT2D eigenvalue weighted by Crippen LogP contribution is -2.17. The zero-order valence-corrected chi connectivity index (χ0v) is 24.9. The van der Waals surface area contributed by atoms with Crippen LogP contribution in [0.3, 0.4) is 0 Å². The molecule has 0 amide bonds. The van der Waals surface area contributed by atoms with Crippen LogP contribution in [0.25, 0.3) is 54.2 Å². The smallest absolute Gasteiger partial charge is 0.0543 e. The van der Waals surface area contributed by atoms with Gasteiger partial charge < -0.3 is 4.90 Å². The number of rotatable bonds is 3. The fourth-order valence-electron chi connectivity index (χ4n) is 7.73. The van der Waals surface area contributed by atoms with Crippen LogP contribution in [0, 0.1) is 0 Å². The number of benzene rings is 8. The minimum absolute atomic E-state index is 0.177. The largest absolute Gasteiger partial charge is 0.310 e. The Labute approximate surface area is 257 Å². The lowest BCUT2D eigenvalue weighted by atomic mass is 9.80. The van der Waals surface area contributed by atoms with E-state index < -0.39 is 0 Å². The summed E-state index contributed by atoms with van der Waals surface area (Å²) in [4.78, 5) is 2.42. The summed E-state index contributed by atoms with van der Waals surface area (Å²) >= 11 is 0. The Balaban J connectivity index is 1.40. The first-order valence-electron chi connectivity index (χ1n) is 15.5. The molecule has 1 heteroatoms. The zero-order valence-electron chi connectivity index (χ0n) is 24.9. The van der Waals surface area contributed by atoms with Gasteiger partial charge in [-0.15, -0.1) is 0 Å². The summed E-state index contributed by atoms with van der Waals surface area (Å²) in [5.74, 6) is 0. The number of hydrogen-bond acceptors (Lipinski definition) is 1. The van der Waals surface area contributed by atoms with E-state index in [1.54, 1.807) is 0 Å². The minimum Gasteiger partial charge on any atom is -0.310 e. The van der Waals surface area contributed by atoms with E-state index in [0.717, 1.165) is 11.4 Å². The Kier molecular flexibility index (Phi) is 5.31. The Morgan fingerprint density at radius 2 is 0.818 bits per heavy atom. The van der Waals surface area contributed by atoms with Gasteiger partial charge in [-0.05, 0) is 102 Å². The van der Waals surface area contributed by atoms with Crippen molar-refractivity contribution in [2.24, 2.45) is 0 Å². The average molecular weight is 562 g/mol. The molecule has 0 aliphatic heterocycles. The van der Waals surface area contributed by atoms with Crippen LogP contribution < -0.4 is 4.90 Å². The molecule has 0 heterocycles. The van der Waals surface area contributed by atoms with Crippen LogP contribution in [-0.2, 0) is 5.41 Å². The second-order valence-electron chi connectivity index (χ2n) is 12.5. The van der Waals surface area contributed by atoms with Crippen LogP contribution in [-0.4, -0.2) is 0 Å². The summed E-state index contributed by atoms with van der Waals surface area (Å²) < 4.78 is 0. The molecule has 1 nitrogen and oxygen atoms in total. The minimum atomic E-state index is -0.177. The first-order chi connectivity index (χ1) is 21.6. The summed E-state index contributed by atoms with van der Waals surface area (Å²) in [5.41, 5.74) is 8.83. The highest BCUT2D eigenvalue weighted by atomic mass is 15.1. The molecule has 0 unspecified atom stereocenters. The summed E-state index contributed by atoms with van der Waals surface area (Å²) in [6.07, 6.45) is 0. The maximum Gasteiger partial charge on any atom is 0.0543 e. The molecule has 0 N–H and O–H groups in total. The predicted molar refractivity (Wildman–Crippen MR) is 189 cm³/mol. The van der Waals surface area contributed by atoms with Crippen molar-refractivity contribution in [1.82, 2.24) is 0 Å². The van der Waals surface area contributed by atoms with Crippen LogP contribution in [0.5, 0.6) is 0 Å². The molecule has 0 fully saturated rings. The maximum absolute atomic E-state index is 2.50. The van der Waals surface area contributed by atoms with Crippen molar-refractivity contribution in [3.05, 3.63) is 163 Å². The Morgan fingerprint density at radius 3 is 1.36 bits per heavy atom. The van der Waals surface area contributed by atoms with E-state index in [0.29, 0.717) is 0 Å². The van der Waals surface area contributed by atoms with Crippen molar-refractivity contribution < 1.29 is 0 Å². The highest BCUT2D eigenvalue weighted by Gasteiger charge is 2.38. The maximum atomic E-state index is 2.50. The molecule has 0 radical (unpaired) electrons. The van der Waals surface area contributed by atoms with Crippen molar-refractivity contribution in [2.75, 3.05) is 4.90 Å². The first-order valence-corrected chi connectivity index (χ1v) is 15.5. The molecule has 8 aromatic carbocycles. The highest BCUT2D eigenvalue weighted by molar-refractivity contribution is 6.26. The summed E-state index contributed by atoms with van der Waals surface area (Å²) in [6, 6.07) is 55.7. The third-order valence-corrected chi connectivity index (χ3v) is 9.79. The molecule has 44 heavy (non-hydrogen) atoms. The molecule has 0 aromatic heterocycles. The van der Waals surface area contributed by atoms with Gasteiger partial charge in [-0.3, -0.25) is 0 Å². The molecule has 9 rings (SSSR count). The molecule has 0 saturated heterocycles. The van der Waals surface area contributed by atoms with Crippen LogP contribution in [0.2, 0.25) is 0 Å². The molecular weight excluding hydrogens is 530 g/mol. The summed E-state index contributed by atoms with van der Waals surface area (Å²) in [7, 11) is 0. The fraction of sp³-hybridized carbons (Fsp3) is 0.0698. The van der Waals surface area contributed by atoms with Gasteiger partial charge in [0.05, 0.1) is 5.69 Å². The molecule has 0 spiro atoms. The van der Waals surface area contributed by atoms with Crippen LogP contribution >= 0.6 is 0 Å². The van der Waals surface area contributed by atoms with Crippen molar-refractivity contribution in [3.63, 3.8) is 0 Å². The van der Waals surface area contributed by atoms with E-state index in [4.69, 9.17) is 0 Å². The highest BCUT2D eigenvalue weighted by Crippen LogP contribution is 2.56. The quantitative estimate of drug-likeness (QED) is 0.194. The SMILES string of the molecule is CC1(C)c2cc3c4ccccc4c4ccccc4c3cc2-c2c1cc(N(c1ccccc1)c1ccccc1)c1ccccc21. The molecule has 0 saturated carbocycles. The van der Waals surface area contributed by atoms with Gasteiger partial charge in [0.25, 0.3) is 0 Å². The lowest BCUT2D eigenvalue weighted by molar-refractivity contribution is 0.662. The topological polar surface area (TPSA) is 3.24 Å². The Hall–Kier alpha value is -5.40. The van der Waals surface area contributed by atoms with Gasteiger partial charge in [0.1, 0.15) is 0 Å². The molecular formula is C43H31N. The number of fused-ring (bicyclic) bond motifs is 11. The average Bonchev–Trinajstić information content (AvgIpc) is 3.30. The Bertz CT molecular complexity index is 2360. The van der Waals surface area contributed by atoms with Crippen molar-refractivity contribution in [2.45, 2.75) is 19.3 Å². The monoisotopic (exact) mass is 561 g/mol. The lowest BCUT2D eigenvalue weighted by Gasteiger charge is -2.29. The number of nitrogens with zero attached hydrogens (tertiary/aromatic N) is 1.